The molecule has 1 aromatic heterocycles. The van der Waals surface area contributed by atoms with E-state index in [1.165, 1.54) is 24.0 Å². The zero-order valence-corrected chi connectivity index (χ0v) is 18.3. The molecule has 0 saturated carbocycles. The van der Waals surface area contributed by atoms with Crippen molar-refractivity contribution in [2.75, 3.05) is 39.0 Å². The highest BCUT2D eigenvalue weighted by Gasteiger charge is 2.43. The Kier molecular flexibility index (Phi) is 5.96. The van der Waals surface area contributed by atoms with Gasteiger partial charge in [-0.25, -0.2) is 23.3 Å². The lowest BCUT2D eigenvalue weighted by Gasteiger charge is -2.44. The van der Waals surface area contributed by atoms with Crippen molar-refractivity contribution in [3.8, 4) is 5.75 Å². The number of pyridine rings is 1. The number of carbonyl (C=O) groups excluding carboxylic acids is 3. The van der Waals surface area contributed by atoms with Gasteiger partial charge in [-0.05, 0) is 6.07 Å². The van der Waals surface area contributed by atoms with Gasteiger partial charge in [0.2, 0.25) is 5.43 Å². The van der Waals surface area contributed by atoms with Crippen LogP contribution in [0.3, 0.4) is 0 Å². The van der Waals surface area contributed by atoms with E-state index in [1.807, 2.05) is 0 Å². The van der Waals surface area contributed by atoms with E-state index in [2.05, 4.69) is 5.32 Å². The molecule has 0 fully saturated rings. The van der Waals surface area contributed by atoms with Gasteiger partial charge in [-0.15, -0.1) is 0 Å². The lowest BCUT2D eigenvalue weighted by atomic mass is 10.1. The molecule has 0 bridgehead atoms. The summed E-state index contributed by atoms with van der Waals surface area (Å²) in [6, 6.07) is 2.30. The number of amides is 4. The number of nitrogens with one attached hydrogen (secondary N) is 1. The SMILES string of the molecule is COCCN1CN2C(=O)N(C)Cc3c(C(=O)NCc4ccc(F)cc4F)c(=O)c(O)c(n32)C1=O. The summed E-state index contributed by atoms with van der Waals surface area (Å²) in [5.74, 6) is -4.32. The molecule has 2 aliphatic heterocycles. The Bertz CT molecular complexity index is 1260. The Hall–Kier alpha value is -4.00. The van der Waals surface area contributed by atoms with E-state index < -0.39 is 51.9 Å². The maximum absolute atomic E-state index is 13.9. The zero-order chi connectivity index (χ0) is 24.7. The van der Waals surface area contributed by atoms with Crippen LogP contribution in [0, 0.1) is 11.6 Å². The van der Waals surface area contributed by atoms with Crippen molar-refractivity contribution in [3.63, 3.8) is 0 Å². The van der Waals surface area contributed by atoms with Gasteiger partial charge in [-0.2, -0.15) is 0 Å². The fraction of sp³-hybridized carbons (Fsp3) is 0.333. The zero-order valence-electron chi connectivity index (χ0n) is 18.3. The Morgan fingerprint density at radius 3 is 2.65 bits per heavy atom. The lowest BCUT2D eigenvalue weighted by molar-refractivity contribution is 0.0611. The summed E-state index contributed by atoms with van der Waals surface area (Å²) in [6.45, 7) is -0.514. The molecule has 4 amide bonds. The van der Waals surface area contributed by atoms with Crippen LogP contribution in [0.15, 0.2) is 23.0 Å². The predicted molar refractivity (Wildman–Crippen MR) is 113 cm³/mol. The number of benzene rings is 1. The Morgan fingerprint density at radius 2 is 1.97 bits per heavy atom. The van der Waals surface area contributed by atoms with Crippen molar-refractivity contribution in [1.82, 2.24) is 19.8 Å². The normalized spacial score (nSPS) is 15.0. The van der Waals surface area contributed by atoms with Crippen LogP contribution in [0.4, 0.5) is 13.6 Å². The van der Waals surface area contributed by atoms with Crippen LogP contribution in [0.2, 0.25) is 0 Å². The number of hydrogen-bond donors (Lipinski definition) is 2. The first-order chi connectivity index (χ1) is 16.1. The standard InChI is InChI=1S/C21H21F2N5O6/c1-25-9-14-15(19(31)24-8-11-3-4-12(22)7-13(11)23)17(29)18(30)16-20(32)26(5-6-34-2)10-27(21(25)33)28(14)16/h3-4,7,30H,5-6,8-10H2,1-2H3,(H,24,31). The van der Waals surface area contributed by atoms with Crippen LogP contribution >= 0.6 is 0 Å². The summed E-state index contributed by atoms with van der Waals surface area (Å²) in [5.41, 5.74) is -2.06. The van der Waals surface area contributed by atoms with Gasteiger partial charge in [0.15, 0.2) is 11.4 Å². The number of hydrogen-bond acceptors (Lipinski definition) is 6. The minimum atomic E-state index is -1.11. The average Bonchev–Trinajstić information content (AvgIpc) is 2.79. The first kappa shape index (κ1) is 23.2. The molecule has 34 heavy (non-hydrogen) atoms. The molecule has 0 atom stereocenters. The molecular weight excluding hydrogens is 456 g/mol. The molecule has 1 aromatic carbocycles. The molecule has 2 N–H and O–H groups in total. The predicted octanol–water partition coefficient (Wildman–Crippen LogP) is 0.325. The summed E-state index contributed by atoms with van der Waals surface area (Å²) in [6.07, 6.45) is 0. The van der Waals surface area contributed by atoms with Crippen LogP contribution in [-0.2, 0) is 17.8 Å². The van der Waals surface area contributed by atoms with Crippen molar-refractivity contribution >= 4 is 17.8 Å². The number of methoxy groups -OCH3 is 1. The third-order valence-electron chi connectivity index (χ3n) is 5.64. The summed E-state index contributed by atoms with van der Waals surface area (Å²) < 4.78 is 33.1. The largest absolute Gasteiger partial charge is 0.502 e. The van der Waals surface area contributed by atoms with Gasteiger partial charge in [0.05, 0.1) is 18.8 Å². The third kappa shape index (κ3) is 3.73. The first-order valence-electron chi connectivity index (χ1n) is 10.2. The maximum atomic E-state index is 13.9. The van der Waals surface area contributed by atoms with Crippen LogP contribution < -0.4 is 15.8 Å². The second kappa shape index (κ2) is 8.74. The number of rotatable bonds is 6. The fourth-order valence-corrected chi connectivity index (χ4v) is 3.91. The molecular formula is C21H21F2N5O6. The molecule has 0 aliphatic carbocycles. The van der Waals surface area contributed by atoms with Gasteiger partial charge >= 0.3 is 6.03 Å². The summed E-state index contributed by atoms with van der Waals surface area (Å²) in [4.78, 5) is 54.3. The number of ether oxygens (including phenoxy) is 1. The smallest absolute Gasteiger partial charge is 0.340 e. The number of nitrogens with zero attached hydrogens (tertiary/aromatic N) is 4. The Morgan fingerprint density at radius 1 is 1.24 bits per heavy atom. The maximum Gasteiger partial charge on any atom is 0.340 e. The average molecular weight is 477 g/mol. The molecule has 0 unspecified atom stereocenters. The highest BCUT2D eigenvalue weighted by molar-refractivity contribution is 6.02. The van der Waals surface area contributed by atoms with Crippen molar-refractivity contribution in [1.29, 1.82) is 0 Å². The van der Waals surface area contributed by atoms with Gasteiger partial charge < -0.3 is 25.0 Å². The number of halogens is 2. The van der Waals surface area contributed by atoms with E-state index in [1.54, 1.807) is 0 Å². The summed E-state index contributed by atoms with van der Waals surface area (Å²) >= 11 is 0. The molecule has 0 saturated heterocycles. The molecule has 2 aliphatic rings. The van der Waals surface area contributed by atoms with Crippen LogP contribution in [0.5, 0.6) is 5.75 Å². The highest BCUT2D eigenvalue weighted by Crippen LogP contribution is 2.28. The van der Waals surface area contributed by atoms with E-state index in [9.17, 15) is 33.1 Å². The second-order valence-electron chi connectivity index (χ2n) is 7.82. The molecule has 2 aromatic rings. The van der Waals surface area contributed by atoms with Gasteiger partial charge in [0.25, 0.3) is 11.8 Å². The highest BCUT2D eigenvalue weighted by atomic mass is 19.1. The van der Waals surface area contributed by atoms with Gasteiger partial charge in [0, 0.05) is 38.9 Å². The molecule has 180 valence electrons. The van der Waals surface area contributed by atoms with Gasteiger partial charge in [0.1, 0.15) is 23.9 Å². The fourth-order valence-electron chi connectivity index (χ4n) is 3.91. The minimum absolute atomic E-state index is 0.0109. The van der Waals surface area contributed by atoms with E-state index in [4.69, 9.17) is 4.74 Å². The number of urea groups is 1. The van der Waals surface area contributed by atoms with Crippen molar-refractivity contribution in [2.24, 2.45) is 0 Å². The summed E-state index contributed by atoms with van der Waals surface area (Å²) in [7, 11) is 2.89. The first-order valence-corrected chi connectivity index (χ1v) is 10.2. The molecule has 0 radical (unpaired) electrons. The van der Waals surface area contributed by atoms with E-state index in [0.29, 0.717) is 6.07 Å². The number of aromatic nitrogens is 1. The minimum Gasteiger partial charge on any atom is -0.502 e. The topological polar surface area (TPSA) is 124 Å². The second-order valence-corrected chi connectivity index (χ2v) is 7.82. The molecule has 0 spiro atoms. The van der Waals surface area contributed by atoms with E-state index >= 15 is 0 Å². The Labute approximate surface area is 191 Å². The molecule has 4 rings (SSSR count). The number of carbonyl (C=O) groups is 3. The monoisotopic (exact) mass is 477 g/mol. The van der Waals surface area contributed by atoms with E-state index in [0.717, 1.165) is 21.8 Å². The number of aromatic hydroxyl groups is 1. The molecule has 13 heteroatoms. The van der Waals surface area contributed by atoms with Crippen LogP contribution in [0.25, 0.3) is 0 Å². The van der Waals surface area contributed by atoms with Gasteiger partial charge in [-0.3, -0.25) is 14.4 Å². The van der Waals surface area contributed by atoms with E-state index in [-0.39, 0.29) is 44.2 Å². The quantitative estimate of drug-likeness (QED) is 0.618. The Balaban J connectivity index is 1.77. The van der Waals surface area contributed by atoms with Crippen molar-refractivity contribution in [2.45, 2.75) is 13.1 Å². The third-order valence-corrected chi connectivity index (χ3v) is 5.64. The van der Waals surface area contributed by atoms with Gasteiger partial charge in [-0.1, -0.05) is 6.07 Å². The van der Waals surface area contributed by atoms with Crippen LogP contribution in [-0.4, -0.2) is 71.4 Å². The molecule has 11 nitrogen and oxygen atoms in total. The van der Waals surface area contributed by atoms with Crippen molar-refractivity contribution in [3.05, 3.63) is 62.6 Å². The summed E-state index contributed by atoms with van der Waals surface area (Å²) in [5, 5.41) is 14.1. The van der Waals surface area contributed by atoms with Crippen LogP contribution in [0.1, 0.15) is 32.1 Å². The lowest BCUT2D eigenvalue weighted by Crippen LogP contribution is -2.63. The molecule has 3 heterocycles. The van der Waals surface area contributed by atoms with Crippen molar-refractivity contribution < 1.29 is 33.0 Å².